The number of aryl methyl sites for hydroxylation is 1. The van der Waals surface area contributed by atoms with Crippen molar-refractivity contribution in [3.8, 4) is 0 Å². The van der Waals surface area contributed by atoms with Gasteiger partial charge in [0.1, 0.15) is 0 Å². The molecule has 3 nitrogen and oxygen atoms in total. The van der Waals surface area contributed by atoms with E-state index in [4.69, 9.17) is 5.73 Å². The molecule has 2 unspecified atom stereocenters. The minimum Gasteiger partial charge on any atom is -0.338 e. The fraction of sp³-hybridized carbons (Fsp3) is 0.500. The number of likely N-dealkylation sites (tertiary alicyclic amines) is 1. The maximum atomic E-state index is 12.5. The van der Waals surface area contributed by atoms with Gasteiger partial charge in [-0.3, -0.25) is 4.79 Å². The zero-order chi connectivity index (χ0) is 13.3. The number of carbonyl (C=O) groups is 1. The highest BCUT2D eigenvalue weighted by Gasteiger charge is 2.29. The number of carbonyl (C=O) groups excluding carboxylic acids is 1. The van der Waals surface area contributed by atoms with Crippen molar-refractivity contribution in [2.24, 2.45) is 11.7 Å². The zero-order valence-corrected chi connectivity index (χ0v) is 14.2. The predicted molar refractivity (Wildman–Crippen MR) is 88.8 cm³/mol. The third kappa shape index (κ3) is 3.61. The minimum absolute atomic E-state index is 0. The normalized spacial score (nSPS) is 20.0. The Labute approximate surface area is 134 Å². The van der Waals surface area contributed by atoms with Gasteiger partial charge >= 0.3 is 0 Å². The van der Waals surface area contributed by atoms with Gasteiger partial charge in [0.2, 0.25) is 0 Å². The van der Waals surface area contributed by atoms with Gasteiger partial charge in [0.25, 0.3) is 5.91 Å². The van der Waals surface area contributed by atoms with Crippen molar-refractivity contribution in [3.05, 3.63) is 32.9 Å². The van der Waals surface area contributed by atoms with Crippen molar-refractivity contribution in [1.82, 2.24) is 4.90 Å². The van der Waals surface area contributed by atoms with Crippen molar-refractivity contribution < 1.29 is 4.79 Å². The number of nitrogens with two attached hydrogens (primary N) is 1. The third-order valence-electron chi connectivity index (χ3n) is 3.68. The first-order valence-corrected chi connectivity index (χ1v) is 7.38. The first-order valence-electron chi connectivity index (χ1n) is 6.30. The van der Waals surface area contributed by atoms with Crippen molar-refractivity contribution in [2.45, 2.75) is 26.3 Å². The Hall–Kier alpha value is -0.330. The van der Waals surface area contributed by atoms with Crippen LogP contribution in [-0.2, 0) is 0 Å². The second-order valence-electron chi connectivity index (χ2n) is 5.10. The van der Waals surface area contributed by atoms with E-state index in [1.165, 1.54) is 0 Å². The molecule has 5 heteroatoms. The van der Waals surface area contributed by atoms with Crippen molar-refractivity contribution in [1.29, 1.82) is 0 Å². The van der Waals surface area contributed by atoms with Gasteiger partial charge in [-0.15, -0.1) is 12.4 Å². The van der Waals surface area contributed by atoms with Gasteiger partial charge in [-0.1, -0.05) is 12.1 Å². The summed E-state index contributed by atoms with van der Waals surface area (Å²) in [6.45, 7) is 5.68. The van der Waals surface area contributed by atoms with Crippen LogP contribution in [0.5, 0.6) is 0 Å². The molecule has 2 rings (SSSR count). The SMILES string of the molecule is Cc1cccc(C(=O)N2CCC(C(C)N)C2)c1I.Cl. The van der Waals surface area contributed by atoms with Crippen LogP contribution >= 0.6 is 35.0 Å². The number of benzene rings is 1. The lowest BCUT2D eigenvalue weighted by Gasteiger charge is -2.19. The van der Waals surface area contributed by atoms with E-state index in [1.54, 1.807) is 0 Å². The van der Waals surface area contributed by atoms with Crippen LogP contribution in [-0.4, -0.2) is 29.9 Å². The maximum Gasteiger partial charge on any atom is 0.254 e. The van der Waals surface area contributed by atoms with Crippen LogP contribution in [0.15, 0.2) is 18.2 Å². The van der Waals surface area contributed by atoms with Crippen molar-refractivity contribution in [3.63, 3.8) is 0 Å². The Morgan fingerprint density at radius 3 is 2.79 bits per heavy atom. The molecular weight excluding hydrogens is 375 g/mol. The van der Waals surface area contributed by atoms with Crippen LogP contribution in [0.4, 0.5) is 0 Å². The lowest BCUT2D eigenvalue weighted by atomic mass is 10.0. The molecule has 2 atom stereocenters. The lowest BCUT2D eigenvalue weighted by molar-refractivity contribution is 0.0785. The molecular formula is C14H20ClIN2O. The highest BCUT2D eigenvalue weighted by Crippen LogP contribution is 2.23. The van der Waals surface area contributed by atoms with Crippen molar-refractivity contribution in [2.75, 3.05) is 13.1 Å². The molecule has 1 saturated heterocycles. The highest BCUT2D eigenvalue weighted by molar-refractivity contribution is 14.1. The van der Waals surface area contributed by atoms with Gasteiger partial charge in [0.05, 0.1) is 5.56 Å². The number of amides is 1. The Morgan fingerprint density at radius 2 is 2.21 bits per heavy atom. The van der Waals surface area contributed by atoms with Crippen molar-refractivity contribution >= 4 is 40.9 Å². The van der Waals surface area contributed by atoms with Crippen LogP contribution in [0.2, 0.25) is 0 Å². The van der Waals surface area contributed by atoms with Gasteiger partial charge in [-0.25, -0.2) is 0 Å². The predicted octanol–water partition coefficient (Wildman–Crippen LogP) is 2.83. The van der Waals surface area contributed by atoms with Crippen LogP contribution in [0, 0.1) is 16.4 Å². The molecule has 1 aromatic rings. The summed E-state index contributed by atoms with van der Waals surface area (Å²) in [5.74, 6) is 0.586. The summed E-state index contributed by atoms with van der Waals surface area (Å²) in [4.78, 5) is 14.4. The molecule has 0 spiro atoms. The maximum absolute atomic E-state index is 12.5. The van der Waals surface area contributed by atoms with Crippen LogP contribution in [0.25, 0.3) is 0 Å². The summed E-state index contributed by atoms with van der Waals surface area (Å²) in [5, 5.41) is 0. The number of halogens is 2. The molecule has 1 fully saturated rings. The molecule has 2 N–H and O–H groups in total. The molecule has 1 aliphatic rings. The topological polar surface area (TPSA) is 46.3 Å². The Balaban J connectivity index is 0.00000180. The molecule has 106 valence electrons. The highest BCUT2D eigenvalue weighted by atomic mass is 127. The molecule has 1 aliphatic heterocycles. The Morgan fingerprint density at radius 1 is 1.53 bits per heavy atom. The van der Waals surface area contributed by atoms with E-state index in [0.717, 1.165) is 34.2 Å². The van der Waals surface area contributed by atoms with Crippen LogP contribution in [0.1, 0.15) is 29.3 Å². The molecule has 0 aliphatic carbocycles. The van der Waals surface area contributed by atoms with Crippen LogP contribution < -0.4 is 5.73 Å². The fourth-order valence-corrected chi connectivity index (χ4v) is 2.97. The van der Waals surface area contributed by atoms with E-state index in [-0.39, 0.29) is 24.4 Å². The summed E-state index contributed by atoms with van der Waals surface area (Å²) in [5.41, 5.74) is 7.89. The van der Waals surface area contributed by atoms with E-state index in [9.17, 15) is 4.79 Å². The first kappa shape index (κ1) is 16.7. The van der Waals surface area contributed by atoms with E-state index in [2.05, 4.69) is 22.6 Å². The minimum atomic E-state index is 0. The summed E-state index contributed by atoms with van der Waals surface area (Å²) >= 11 is 2.25. The van der Waals surface area contributed by atoms with Gasteiger partial charge in [-0.05, 0) is 60.4 Å². The van der Waals surface area contributed by atoms with Crippen LogP contribution in [0.3, 0.4) is 0 Å². The summed E-state index contributed by atoms with van der Waals surface area (Å²) in [6, 6.07) is 6.06. The summed E-state index contributed by atoms with van der Waals surface area (Å²) in [6.07, 6.45) is 1.02. The smallest absolute Gasteiger partial charge is 0.254 e. The molecule has 1 amide bonds. The molecule has 19 heavy (non-hydrogen) atoms. The third-order valence-corrected chi connectivity index (χ3v) is 5.11. The average Bonchev–Trinajstić information content (AvgIpc) is 2.81. The standard InChI is InChI=1S/C14H19IN2O.ClH/c1-9-4-3-5-12(13(9)15)14(18)17-7-6-11(8-17)10(2)16;/h3-5,10-11H,6-8,16H2,1-2H3;1H. The number of nitrogens with zero attached hydrogens (tertiary/aromatic N) is 1. The van der Waals surface area contributed by atoms with E-state index < -0.39 is 0 Å². The summed E-state index contributed by atoms with van der Waals surface area (Å²) in [7, 11) is 0. The molecule has 1 heterocycles. The fourth-order valence-electron chi connectivity index (χ4n) is 2.38. The van der Waals surface area contributed by atoms with Gasteiger partial charge in [0.15, 0.2) is 0 Å². The van der Waals surface area contributed by atoms with E-state index in [0.29, 0.717) is 5.92 Å². The first-order chi connectivity index (χ1) is 8.50. The van der Waals surface area contributed by atoms with E-state index >= 15 is 0 Å². The quantitative estimate of drug-likeness (QED) is 0.784. The van der Waals surface area contributed by atoms with Gasteiger partial charge < -0.3 is 10.6 Å². The largest absolute Gasteiger partial charge is 0.338 e. The average molecular weight is 395 g/mol. The number of hydrogen-bond acceptors (Lipinski definition) is 2. The molecule has 0 radical (unpaired) electrons. The Bertz CT molecular complexity index is 465. The number of hydrogen-bond donors (Lipinski definition) is 1. The van der Waals surface area contributed by atoms with Gasteiger partial charge in [0, 0.05) is 22.7 Å². The molecule has 0 aromatic heterocycles. The Kier molecular flexibility index (Phi) is 6.08. The lowest BCUT2D eigenvalue weighted by Crippen LogP contribution is -2.33. The zero-order valence-electron chi connectivity index (χ0n) is 11.2. The number of rotatable bonds is 2. The molecule has 0 saturated carbocycles. The second kappa shape index (κ2) is 6.90. The second-order valence-corrected chi connectivity index (χ2v) is 6.17. The summed E-state index contributed by atoms with van der Waals surface area (Å²) < 4.78 is 1.06. The monoisotopic (exact) mass is 394 g/mol. The van der Waals surface area contributed by atoms with Gasteiger partial charge in [-0.2, -0.15) is 0 Å². The molecule has 0 bridgehead atoms. The molecule has 1 aromatic carbocycles. The van der Waals surface area contributed by atoms with E-state index in [1.807, 2.05) is 36.9 Å².